The van der Waals surface area contributed by atoms with E-state index < -0.39 is 63.0 Å². The topological polar surface area (TPSA) is 84.0 Å². The van der Waals surface area contributed by atoms with Gasteiger partial charge in [-0.3, -0.25) is 9.59 Å². The molecule has 15 heteroatoms. The molecule has 2 fully saturated rings. The molecule has 49 heavy (non-hydrogen) atoms. The van der Waals surface area contributed by atoms with Crippen molar-refractivity contribution in [3.63, 3.8) is 0 Å². The van der Waals surface area contributed by atoms with Crippen molar-refractivity contribution in [2.24, 2.45) is 5.92 Å². The van der Waals surface area contributed by atoms with Gasteiger partial charge in [-0.1, -0.05) is 54.6 Å². The van der Waals surface area contributed by atoms with E-state index >= 15 is 0 Å². The molecule has 3 aromatic carbocycles. The average Bonchev–Trinajstić information content (AvgIpc) is 3.52. The summed E-state index contributed by atoms with van der Waals surface area (Å²) >= 11 is 0. The molecule has 0 saturated carbocycles. The van der Waals surface area contributed by atoms with Gasteiger partial charge in [0, 0.05) is 44.6 Å². The first-order chi connectivity index (χ1) is 22.9. The van der Waals surface area contributed by atoms with E-state index in [9.17, 15) is 48.7 Å². The highest BCUT2D eigenvalue weighted by atomic mass is 32.2. The molecule has 2 aliphatic rings. The molecule has 3 aromatic rings. The fourth-order valence-electron chi connectivity index (χ4n) is 6.63. The Balaban J connectivity index is 1.55. The molecule has 264 valence electrons. The number of carbonyl (C=O) groups excluding carboxylic acids is 2. The van der Waals surface area contributed by atoms with E-state index in [0.717, 1.165) is 36.4 Å². The van der Waals surface area contributed by atoms with E-state index in [1.807, 2.05) is 0 Å². The molecule has 0 radical (unpaired) electrons. The zero-order valence-corrected chi connectivity index (χ0v) is 27.0. The minimum Gasteiger partial charge on any atom is -0.349 e. The normalized spacial score (nSPS) is 19.7. The standard InChI is InChI=1S/C34H33F7N2O5S/c1-23(44)42-18-15-25(16-19-42)30(45)43-20-17-31(22-43,49(46,47)29-13-11-28(35)12-14-29)26-7-9-27(10-8-26)32(33(36,37)38,34(39,40)41)48-21-24-5-3-2-4-6-24/h2-14,25H,15-22H2,1H3. The van der Waals surface area contributed by atoms with Crippen molar-refractivity contribution in [3.05, 3.63) is 101 Å². The van der Waals surface area contributed by atoms with E-state index in [0.29, 0.717) is 38.1 Å². The SMILES string of the molecule is CC(=O)N1CCC(C(=O)N2CCC(c3ccc(C(OCc4ccccc4)(C(F)(F)F)C(F)(F)F)cc3)(S(=O)(=O)c3ccc(F)cc3)C2)CC1. The van der Waals surface area contributed by atoms with Crippen molar-refractivity contribution in [1.82, 2.24) is 9.80 Å². The number of nitrogens with zero attached hydrogens (tertiary/aromatic N) is 2. The van der Waals surface area contributed by atoms with Gasteiger partial charge >= 0.3 is 12.4 Å². The summed E-state index contributed by atoms with van der Waals surface area (Å²) in [6.45, 7) is 0.493. The number of amides is 2. The van der Waals surface area contributed by atoms with Crippen LogP contribution in [0.1, 0.15) is 42.9 Å². The van der Waals surface area contributed by atoms with E-state index in [2.05, 4.69) is 0 Å². The fraction of sp³-hybridized carbons (Fsp3) is 0.412. The Labute approximate surface area is 278 Å². The predicted octanol–water partition coefficient (Wildman–Crippen LogP) is 6.52. The van der Waals surface area contributed by atoms with Crippen molar-refractivity contribution < 1.29 is 53.5 Å². The molecule has 0 aromatic heterocycles. The Morgan fingerprint density at radius 1 is 0.816 bits per heavy atom. The molecule has 2 aliphatic heterocycles. The van der Waals surface area contributed by atoms with E-state index in [-0.39, 0.29) is 40.8 Å². The Morgan fingerprint density at radius 2 is 1.39 bits per heavy atom. The molecular weight excluding hydrogens is 681 g/mol. The lowest BCUT2D eigenvalue weighted by molar-refractivity contribution is -0.392. The number of sulfone groups is 1. The summed E-state index contributed by atoms with van der Waals surface area (Å²) in [6, 6.07) is 13.7. The second-order valence-corrected chi connectivity index (χ2v) is 14.5. The Bertz CT molecular complexity index is 1740. The van der Waals surface area contributed by atoms with Crippen LogP contribution in [0.15, 0.2) is 83.8 Å². The monoisotopic (exact) mass is 714 g/mol. The summed E-state index contributed by atoms with van der Waals surface area (Å²) in [7, 11) is -4.53. The second kappa shape index (κ2) is 13.4. The highest BCUT2D eigenvalue weighted by molar-refractivity contribution is 7.92. The molecule has 0 aliphatic carbocycles. The Hall–Kier alpha value is -3.98. The van der Waals surface area contributed by atoms with Crippen molar-refractivity contribution >= 4 is 21.7 Å². The minimum atomic E-state index is -5.98. The number of piperidine rings is 1. The van der Waals surface area contributed by atoms with Gasteiger partial charge in [-0.2, -0.15) is 26.3 Å². The zero-order chi connectivity index (χ0) is 35.8. The van der Waals surface area contributed by atoms with Crippen LogP contribution >= 0.6 is 0 Å². The molecule has 2 saturated heterocycles. The molecule has 1 atom stereocenters. The third kappa shape index (κ3) is 6.66. The summed E-state index contributed by atoms with van der Waals surface area (Å²) < 4.78 is 132. The Kier molecular flexibility index (Phi) is 9.92. The molecule has 0 N–H and O–H groups in total. The lowest BCUT2D eigenvalue weighted by Crippen LogP contribution is -2.55. The van der Waals surface area contributed by atoms with Gasteiger partial charge < -0.3 is 14.5 Å². The number of ether oxygens (including phenoxy) is 1. The van der Waals surface area contributed by atoms with Crippen molar-refractivity contribution in [3.8, 4) is 0 Å². The number of hydrogen-bond donors (Lipinski definition) is 0. The molecule has 2 amide bonds. The largest absolute Gasteiger partial charge is 0.430 e. The molecular formula is C34H33F7N2O5S. The van der Waals surface area contributed by atoms with Gasteiger partial charge in [-0.15, -0.1) is 0 Å². The minimum absolute atomic E-state index is 0.0593. The number of rotatable bonds is 8. The number of halogens is 7. The first-order valence-corrected chi connectivity index (χ1v) is 16.9. The Morgan fingerprint density at radius 3 is 1.92 bits per heavy atom. The highest BCUT2D eigenvalue weighted by Crippen LogP contribution is 2.54. The van der Waals surface area contributed by atoms with Crippen LogP contribution in [0.3, 0.4) is 0 Å². The molecule has 7 nitrogen and oxygen atoms in total. The molecule has 1 unspecified atom stereocenters. The maximum absolute atomic E-state index is 14.5. The number of alkyl halides is 6. The van der Waals surface area contributed by atoms with Gasteiger partial charge in [0.2, 0.25) is 11.8 Å². The first kappa shape index (κ1) is 36.3. The summed E-state index contributed by atoms with van der Waals surface area (Å²) in [4.78, 5) is 27.9. The lowest BCUT2D eigenvalue weighted by atomic mass is 9.88. The van der Waals surface area contributed by atoms with Crippen molar-refractivity contribution in [1.29, 1.82) is 0 Å². The average molecular weight is 715 g/mol. The predicted molar refractivity (Wildman–Crippen MR) is 163 cm³/mol. The van der Waals surface area contributed by atoms with Crippen molar-refractivity contribution in [2.75, 3.05) is 26.2 Å². The summed E-state index contributed by atoms with van der Waals surface area (Å²) in [5.41, 5.74) is -6.17. The number of hydrogen-bond acceptors (Lipinski definition) is 5. The van der Waals surface area contributed by atoms with Crippen LogP contribution in [0.2, 0.25) is 0 Å². The van der Waals surface area contributed by atoms with Crippen LogP contribution in [-0.2, 0) is 41.1 Å². The number of carbonyl (C=O) groups is 2. The summed E-state index contributed by atoms with van der Waals surface area (Å²) in [6.07, 6.45) is -11.5. The van der Waals surface area contributed by atoms with Gasteiger partial charge in [-0.25, -0.2) is 12.8 Å². The third-order valence-electron chi connectivity index (χ3n) is 9.39. The van der Waals surface area contributed by atoms with Crippen LogP contribution in [0, 0.1) is 11.7 Å². The first-order valence-electron chi connectivity index (χ1n) is 15.4. The highest BCUT2D eigenvalue weighted by Gasteiger charge is 2.73. The van der Waals surface area contributed by atoms with E-state index in [1.165, 1.54) is 42.2 Å². The smallest absolute Gasteiger partial charge is 0.349 e. The maximum atomic E-state index is 14.5. The fourth-order valence-corrected chi connectivity index (χ4v) is 8.71. The van der Waals surface area contributed by atoms with Gasteiger partial charge in [-0.05, 0) is 54.7 Å². The summed E-state index contributed by atoms with van der Waals surface area (Å²) in [5.74, 6) is -1.78. The zero-order valence-electron chi connectivity index (χ0n) is 26.2. The van der Waals surface area contributed by atoms with Crippen LogP contribution in [0.25, 0.3) is 0 Å². The van der Waals surface area contributed by atoms with Crippen LogP contribution in [0.5, 0.6) is 0 Å². The molecule has 2 heterocycles. The maximum Gasteiger partial charge on any atom is 0.430 e. The van der Waals surface area contributed by atoms with Gasteiger partial charge in [0.05, 0.1) is 11.5 Å². The van der Waals surface area contributed by atoms with Crippen LogP contribution in [-0.4, -0.2) is 68.6 Å². The van der Waals surface area contributed by atoms with E-state index in [4.69, 9.17) is 4.74 Å². The van der Waals surface area contributed by atoms with Gasteiger partial charge in [0.15, 0.2) is 9.84 Å². The molecule has 0 bridgehead atoms. The van der Waals surface area contributed by atoms with Crippen molar-refractivity contribution in [2.45, 2.75) is 60.4 Å². The summed E-state index contributed by atoms with van der Waals surface area (Å²) in [5, 5.41) is 0. The lowest BCUT2D eigenvalue weighted by Gasteiger charge is -2.38. The molecule has 0 spiro atoms. The second-order valence-electron chi connectivity index (χ2n) is 12.3. The van der Waals surface area contributed by atoms with Gasteiger partial charge in [0.1, 0.15) is 10.6 Å². The number of benzene rings is 3. The van der Waals surface area contributed by atoms with E-state index in [1.54, 1.807) is 4.90 Å². The number of likely N-dealkylation sites (tertiary alicyclic amines) is 2. The quantitative estimate of drug-likeness (QED) is 0.196. The third-order valence-corrected chi connectivity index (χ3v) is 11.9. The van der Waals surface area contributed by atoms with Crippen LogP contribution in [0.4, 0.5) is 30.7 Å². The molecule has 5 rings (SSSR count). The van der Waals surface area contributed by atoms with Gasteiger partial charge in [0.25, 0.3) is 5.60 Å². The van der Waals surface area contributed by atoms with Crippen LogP contribution < -0.4 is 0 Å².